The maximum Gasteiger partial charge on any atom is 0.251 e. The van der Waals surface area contributed by atoms with Gasteiger partial charge in [0.1, 0.15) is 5.75 Å². The highest BCUT2D eigenvalue weighted by molar-refractivity contribution is 5.94. The van der Waals surface area contributed by atoms with Crippen molar-refractivity contribution in [2.45, 2.75) is 26.6 Å². The molecule has 1 amide bonds. The van der Waals surface area contributed by atoms with Crippen molar-refractivity contribution in [2.24, 2.45) is 0 Å². The van der Waals surface area contributed by atoms with Crippen LogP contribution in [0.25, 0.3) is 0 Å². The summed E-state index contributed by atoms with van der Waals surface area (Å²) in [7, 11) is 1.61. The summed E-state index contributed by atoms with van der Waals surface area (Å²) in [5.74, 6) is 0.646. The Morgan fingerprint density at radius 2 is 2.00 bits per heavy atom. The minimum Gasteiger partial charge on any atom is -0.496 e. The molecule has 22 heavy (non-hydrogen) atoms. The summed E-state index contributed by atoms with van der Waals surface area (Å²) in [4.78, 5) is 12.3. The zero-order chi connectivity index (χ0) is 15.5. The predicted octanol–water partition coefficient (Wildman–Crippen LogP) is 2.54. The number of hydrogen-bond donors (Lipinski definition) is 2. The highest BCUT2D eigenvalue weighted by Crippen LogP contribution is 2.19. The third-order valence-electron chi connectivity index (χ3n) is 4.02. The molecule has 0 aromatic heterocycles. The van der Waals surface area contributed by atoms with Gasteiger partial charge in [0.25, 0.3) is 5.91 Å². The van der Waals surface area contributed by atoms with Crippen LogP contribution in [0.15, 0.2) is 36.4 Å². The molecule has 0 fully saturated rings. The second-order valence-corrected chi connectivity index (χ2v) is 5.57. The minimum atomic E-state index is -0.0862. The van der Waals surface area contributed by atoms with Crippen molar-refractivity contribution in [1.82, 2.24) is 10.6 Å². The van der Waals surface area contributed by atoms with E-state index >= 15 is 0 Å². The molecule has 1 aliphatic rings. The third kappa shape index (κ3) is 2.97. The van der Waals surface area contributed by atoms with Crippen LogP contribution in [0.2, 0.25) is 0 Å². The van der Waals surface area contributed by atoms with Gasteiger partial charge in [-0.25, -0.2) is 0 Å². The molecule has 2 aromatic rings. The van der Waals surface area contributed by atoms with Gasteiger partial charge in [-0.1, -0.05) is 24.3 Å². The lowest BCUT2D eigenvalue weighted by molar-refractivity contribution is 0.0950. The molecular formula is C18H20N2O2. The van der Waals surface area contributed by atoms with E-state index in [1.807, 2.05) is 19.1 Å². The lowest BCUT2D eigenvalue weighted by Crippen LogP contribution is -2.22. The summed E-state index contributed by atoms with van der Waals surface area (Å²) >= 11 is 0. The van der Waals surface area contributed by atoms with Gasteiger partial charge in [-0.3, -0.25) is 4.79 Å². The number of fused-ring (bicyclic) bond motifs is 1. The van der Waals surface area contributed by atoms with E-state index in [0.717, 1.165) is 30.0 Å². The molecule has 0 saturated heterocycles. The van der Waals surface area contributed by atoms with Gasteiger partial charge in [0.05, 0.1) is 7.11 Å². The van der Waals surface area contributed by atoms with E-state index < -0.39 is 0 Å². The lowest BCUT2D eigenvalue weighted by Gasteiger charge is -2.09. The number of amides is 1. The summed E-state index contributed by atoms with van der Waals surface area (Å²) < 4.78 is 5.26. The van der Waals surface area contributed by atoms with Crippen LogP contribution in [0.4, 0.5) is 0 Å². The van der Waals surface area contributed by atoms with Gasteiger partial charge in [-0.05, 0) is 41.3 Å². The first kappa shape index (κ1) is 14.6. The Labute approximate surface area is 130 Å². The van der Waals surface area contributed by atoms with Gasteiger partial charge in [0.2, 0.25) is 0 Å². The van der Waals surface area contributed by atoms with Gasteiger partial charge in [0.15, 0.2) is 0 Å². The first-order chi connectivity index (χ1) is 10.7. The van der Waals surface area contributed by atoms with Crippen LogP contribution in [-0.4, -0.2) is 13.0 Å². The average Bonchev–Trinajstić information content (AvgIpc) is 3.00. The summed E-state index contributed by atoms with van der Waals surface area (Å²) in [5.41, 5.74) is 5.42. The number of benzene rings is 2. The van der Waals surface area contributed by atoms with E-state index in [1.54, 1.807) is 13.2 Å². The number of hydrogen-bond acceptors (Lipinski definition) is 3. The fourth-order valence-corrected chi connectivity index (χ4v) is 2.70. The van der Waals surface area contributed by atoms with Crippen molar-refractivity contribution < 1.29 is 9.53 Å². The molecule has 2 aromatic carbocycles. The van der Waals surface area contributed by atoms with Gasteiger partial charge in [-0.2, -0.15) is 0 Å². The number of methoxy groups -OCH3 is 1. The third-order valence-corrected chi connectivity index (χ3v) is 4.02. The average molecular weight is 296 g/mol. The van der Waals surface area contributed by atoms with Crippen molar-refractivity contribution in [3.05, 3.63) is 64.2 Å². The van der Waals surface area contributed by atoms with E-state index in [-0.39, 0.29) is 5.91 Å². The first-order valence-electron chi connectivity index (χ1n) is 7.41. The standard InChI is InChI=1S/C18H20N2O2/c1-12-3-5-14(8-17(12)22-2)18(21)20-9-13-4-6-15-10-19-11-16(15)7-13/h3-8,19H,9-11H2,1-2H3,(H,20,21). The Morgan fingerprint density at radius 1 is 1.18 bits per heavy atom. The maximum atomic E-state index is 12.3. The van der Waals surface area contributed by atoms with Crippen LogP contribution in [0.3, 0.4) is 0 Å². The first-order valence-corrected chi connectivity index (χ1v) is 7.41. The smallest absolute Gasteiger partial charge is 0.251 e. The Hall–Kier alpha value is -2.33. The fourth-order valence-electron chi connectivity index (χ4n) is 2.70. The Kier molecular flexibility index (Phi) is 4.11. The van der Waals surface area contributed by atoms with Gasteiger partial charge in [-0.15, -0.1) is 0 Å². The highest BCUT2D eigenvalue weighted by atomic mass is 16.5. The molecule has 0 radical (unpaired) electrons. The summed E-state index contributed by atoms with van der Waals surface area (Å²) in [6, 6.07) is 11.9. The monoisotopic (exact) mass is 296 g/mol. The lowest BCUT2D eigenvalue weighted by atomic mass is 10.1. The van der Waals surface area contributed by atoms with Crippen LogP contribution in [0, 0.1) is 6.92 Å². The molecule has 4 nitrogen and oxygen atoms in total. The van der Waals surface area contributed by atoms with E-state index in [2.05, 4.69) is 28.8 Å². The Bertz CT molecular complexity index is 710. The van der Waals surface area contributed by atoms with E-state index in [0.29, 0.717) is 12.1 Å². The van der Waals surface area contributed by atoms with Gasteiger partial charge >= 0.3 is 0 Å². The second-order valence-electron chi connectivity index (χ2n) is 5.57. The van der Waals surface area contributed by atoms with Crippen LogP contribution in [0.1, 0.15) is 32.6 Å². The quantitative estimate of drug-likeness (QED) is 0.911. The van der Waals surface area contributed by atoms with Crippen molar-refractivity contribution >= 4 is 5.91 Å². The van der Waals surface area contributed by atoms with Crippen LogP contribution in [-0.2, 0) is 19.6 Å². The van der Waals surface area contributed by atoms with Crippen LogP contribution >= 0.6 is 0 Å². The Balaban J connectivity index is 1.67. The van der Waals surface area contributed by atoms with Crippen molar-refractivity contribution in [3.63, 3.8) is 0 Å². The molecule has 0 atom stereocenters. The van der Waals surface area contributed by atoms with E-state index in [4.69, 9.17) is 4.74 Å². The molecule has 0 unspecified atom stereocenters. The van der Waals surface area contributed by atoms with Crippen LogP contribution in [0.5, 0.6) is 5.75 Å². The number of nitrogens with one attached hydrogen (secondary N) is 2. The molecule has 0 bridgehead atoms. The predicted molar refractivity (Wildman–Crippen MR) is 85.9 cm³/mol. The van der Waals surface area contributed by atoms with Crippen molar-refractivity contribution in [2.75, 3.05) is 7.11 Å². The molecule has 2 N–H and O–H groups in total. The molecule has 1 heterocycles. The number of ether oxygens (including phenoxy) is 1. The second kappa shape index (κ2) is 6.20. The minimum absolute atomic E-state index is 0.0862. The highest BCUT2D eigenvalue weighted by Gasteiger charge is 2.11. The SMILES string of the molecule is COc1cc(C(=O)NCc2ccc3c(c2)CNC3)ccc1C. The maximum absolute atomic E-state index is 12.3. The van der Waals surface area contributed by atoms with Gasteiger partial charge in [0, 0.05) is 25.2 Å². The largest absolute Gasteiger partial charge is 0.496 e. The van der Waals surface area contributed by atoms with Crippen LogP contribution < -0.4 is 15.4 Å². The number of carbonyl (C=O) groups is 1. The van der Waals surface area contributed by atoms with Crippen molar-refractivity contribution in [3.8, 4) is 5.75 Å². The topological polar surface area (TPSA) is 50.4 Å². The molecule has 0 saturated carbocycles. The number of carbonyl (C=O) groups excluding carboxylic acids is 1. The normalized spacial score (nSPS) is 12.8. The molecule has 1 aliphatic heterocycles. The molecule has 3 rings (SSSR count). The summed E-state index contributed by atoms with van der Waals surface area (Å²) in [6.45, 7) is 4.33. The molecule has 0 spiro atoms. The van der Waals surface area contributed by atoms with Gasteiger partial charge < -0.3 is 15.4 Å². The zero-order valence-electron chi connectivity index (χ0n) is 12.9. The van der Waals surface area contributed by atoms with E-state index in [9.17, 15) is 4.79 Å². The molecular weight excluding hydrogens is 276 g/mol. The molecule has 0 aliphatic carbocycles. The zero-order valence-corrected chi connectivity index (χ0v) is 12.9. The van der Waals surface area contributed by atoms with E-state index in [1.165, 1.54) is 11.1 Å². The van der Waals surface area contributed by atoms with Crippen molar-refractivity contribution in [1.29, 1.82) is 0 Å². The summed E-state index contributed by atoms with van der Waals surface area (Å²) in [6.07, 6.45) is 0. The Morgan fingerprint density at radius 3 is 2.82 bits per heavy atom. The fraction of sp³-hybridized carbons (Fsp3) is 0.278. The molecule has 4 heteroatoms. The number of rotatable bonds is 4. The summed E-state index contributed by atoms with van der Waals surface area (Å²) in [5, 5.41) is 6.28. The molecule has 114 valence electrons. The number of aryl methyl sites for hydroxylation is 1.